The highest BCUT2D eigenvalue weighted by molar-refractivity contribution is 5.84. The standard InChI is InChI=1S/C27H34F4/c1-2-3-4-5-6-18-7-8-20-14-21(10-9-19(20)13-18)23-15-22-11-12-24(27(29,30)31)17-25(22)26(28)16-23/h11-12,15-21H,2-10,13-14H2,1H3. The Kier molecular flexibility index (Phi) is 6.93. The van der Waals surface area contributed by atoms with Crippen LogP contribution in [0, 0.1) is 23.6 Å². The lowest BCUT2D eigenvalue weighted by molar-refractivity contribution is -0.137. The van der Waals surface area contributed by atoms with Crippen molar-refractivity contribution in [1.82, 2.24) is 0 Å². The van der Waals surface area contributed by atoms with E-state index in [1.54, 1.807) is 0 Å². The van der Waals surface area contributed by atoms with E-state index in [0.29, 0.717) is 11.3 Å². The van der Waals surface area contributed by atoms with Crippen LogP contribution in [0.2, 0.25) is 0 Å². The fraction of sp³-hybridized carbons (Fsp3) is 0.630. The zero-order valence-electron chi connectivity index (χ0n) is 18.5. The molecule has 0 radical (unpaired) electrons. The molecule has 4 rings (SSSR count). The first-order valence-corrected chi connectivity index (χ1v) is 12.2. The summed E-state index contributed by atoms with van der Waals surface area (Å²) in [5.74, 6) is 2.20. The number of rotatable bonds is 6. The van der Waals surface area contributed by atoms with E-state index in [0.717, 1.165) is 48.3 Å². The minimum Gasteiger partial charge on any atom is -0.206 e. The first-order chi connectivity index (χ1) is 14.8. The van der Waals surface area contributed by atoms with Crippen LogP contribution in [-0.2, 0) is 6.18 Å². The van der Waals surface area contributed by atoms with Gasteiger partial charge in [-0.1, -0.05) is 57.6 Å². The molecule has 4 atom stereocenters. The summed E-state index contributed by atoms with van der Waals surface area (Å²) in [6, 6.07) is 6.83. The third-order valence-corrected chi connectivity index (χ3v) is 7.91. The molecule has 0 saturated heterocycles. The van der Waals surface area contributed by atoms with Crippen molar-refractivity contribution in [2.24, 2.45) is 17.8 Å². The Bertz CT molecular complexity index is 885. The van der Waals surface area contributed by atoms with E-state index in [1.807, 2.05) is 6.07 Å². The Morgan fingerprint density at radius 2 is 1.65 bits per heavy atom. The Morgan fingerprint density at radius 1 is 0.871 bits per heavy atom. The second-order valence-electron chi connectivity index (χ2n) is 9.99. The molecule has 0 N–H and O–H groups in total. The summed E-state index contributed by atoms with van der Waals surface area (Å²) in [6.07, 6.45) is 9.62. The van der Waals surface area contributed by atoms with Crippen molar-refractivity contribution in [3.8, 4) is 0 Å². The zero-order valence-corrected chi connectivity index (χ0v) is 18.5. The van der Waals surface area contributed by atoms with Gasteiger partial charge in [0, 0.05) is 5.39 Å². The van der Waals surface area contributed by atoms with Crippen LogP contribution < -0.4 is 0 Å². The van der Waals surface area contributed by atoms with Gasteiger partial charge in [0.2, 0.25) is 0 Å². The quantitative estimate of drug-likeness (QED) is 0.314. The number of fused-ring (bicyclic) bond motifs is 2. The van der Waals surface area contributed by atoms with E-state index in [2.05, 4.69) is 6.92 Å². The average molecular weight is 435 g/mol. The van der Waals surface area contributed by atoms with E-state index in [-0.39, 0.29) is 5.39 Å². The minimum absolute atomic E-state index is 0.0656. The summed E-state index contributed by atoms with van der Waals surface area (Å²) < 4.78 is 53.7. The Balaban J connectivity index is 1.41. The summed E-state index contributed by atoms with van der Waals surface area (Å²) in [5, 5.41) is 0.636. The van der Waals surface area contributed by atoms with Crippen molar-refractivity contribution in [2.75, 3.05) is 0 Å². The molecule has 0 aliphatic heterocycles. The van der Waals surface area contributed by atoms with Crippen LogP contribution in [0.15, 0.2) is 30.3 Å². The van der Waals surface area contributed by atoms with Gasteiger partial charge in [-0.25, -0.2) is 4.39 Å². The monoisotopic (exact) mass is 434 g/mol. The van der Waals surface area contributed by atoms with Crippen LogP contribution in [0.25, 0.3) is 10.8 Å². The van der Waals surface area contributed by atoms with Gasteiger partial charge in [0.15, 0.2) is 0 Å². The van der Waals surface area contributed by atoms with Crippen LogP contribution in [0.4, 0.5) is 17.6 Å². The summed E-state index contributed by atoms with van der Waals surface area (Å²) >= 11 is 0. The average Bonchev–Trinajstić information content (AvgIpc) is 2.75. The van der Waals surface area contributed by atoms with Crippen LogP contribution in [0.1, 0.15) is 94.6 Å². The molecule has 4 unspecified atom stereocenters. The first-order valence-electron chi connectivity index (χ1n) is 12.2. The lowest BCUT2D eigenvalue weighted by Gasteiger charge is -2.42. The number of hydrogen-bond acceptors (Lipinski definition) is 0. The van der Waals surface area contributed by atoms with E-state index in [9.17, 15) is 17.6 Å². The molecule has 0 amide bonds. The summed E-state index contributed by atoms with van der Waals surface area (Å²) in [7, 11) is 0. The molecule has 2 fully saturated rings. The Labute approximate surface area is 183 Å². The molecule has 170 valence electrons. The molecule has 2 aromatic carbocycles. The second kappa shape index (κ2) is 9.50. The molecule has 31 heavy (non-hydrogen) atoms. The van der Waals surface area contributed by atoms with Gasteiger partial charge in [0.05, 0.1) is 5.56 Å². The number of halogens is 4. The fourth-order valence-corrected chi connectivity index (χ4v) is 6.16. The van der Waals surface area contributed by atoms with Crippen molar-refractivity contribution in [1.29, 1.82) is 0 Å². The molecular formula is C27H34F4. The van der Waals surface area contributed by atoms with E-state index < -0.39 is 17.6 Å². The van der Waals surface area contributed by atoms with Crippen molar-refractivity contribution in [3.63, 3.8) is 0 Å². The van der Waals surface area contributed by atoms with Gasteiger partial charge < -0.3 is 0 Å². The maximum atomic E-state index is 14.8. The van der Waals surface area contributed by atoms with Gasteiger partial charge in [0.25, 0.3) is 0 Å². The molecule has 0 nitrogen and oxygen atoms in total. The summed E-state index contributed by atoms with van der Waals surface area (Å²) in [4.78, 5) is 0. The highest BCUT2D eigenvalue weighted by atomic mass is 19.4. The van der Waals surface area contributed by atoms with Gasteiger partial charge in [0.1, 0.15) is 5.82 Å². The molecule has 0 spiro atoms. The zero-order chi connectivity index (χ0) is 22.0. The molecule has 0 aromatic heterocycles. The third-order valence-electron chi connectivity index (χ3n) is 7.91. The lowest BCUT2D eigenvalue weighted by atomic mass is 9.63. The summed E-state index contributed by atoms with van der Waals surface area (Å²) in [6.45, 7) is 2.25. The van der Waals surface area contributed by atoms with E-state index >= 15 is 0 Å². The largest absolute Gasteiger partial charge is 0.416 e. The van der Waals surface area contributed by atoms with Crippen LogP contribution in [0.3, 0.4) is 0 Å². The van der Waals surface area contributed by atoms with Crippen LogP contribution >= 0.6 is 0 Å². The third kappa shape index (κ3) is 5.26. The number of benzene rings is 2. The number of alkyl halides is 3. The van der Waals surface area contributed by atoms with E-state index in [4.69, 9.17) is 0 Å². The molecule has 2 saturated carbocycles. The maximum absolute atomic E-state index is 14.8. The highest BCUT2D eigenvalue weighted by Gasteiger charge is 2.36. The first kappa shape index (κ1) is 22.6. The second-order valence-corrected chi connectivity index (χ2v) is 9.99. The van der Waals surface area contributed by atoms with Crippen molar-refractivity contribution in [3.05, 3.63) is 47.3 Å². The Hall–Kier alpha value is -1.58. The van der Waals surface area contributed by atoms with Crippen molar-refractivity contribution in [2.45, 2.75) is 89.6 Å². The molecular weight excluding hydrogens is 400 g/mol. The molecule has 0 heterocycles. The SMILES string of the molecule is CCCCCCC1CCC2CC(c3cc(F)c4cc(C(F)(F)F)ccc4c3)CCC2C1. The lowest BCUT2D eigenvalue weighted by Crippen LogP contribution is -2.30. The van der Waals surface area contributed by atoms with Crippen LogP contribution in [-0.4, -0.2) is 0 Å². The minimum atomic E-state index is -4.45. The van der Waals surface area contributed by atoms with Gasteiger partial charge in [-0.05, 0) is 84.9 Å². The number of hydrogen-bond donors (Lipinski definition) is 0. The smallest absolute Gasteiger partial charge is 0.206 e. The maximum Gasteiger partial charge on any atom is 0.416 e. The van der Waals surface area contributed by atoms with Gasteiger partial charge >= 0.3 is 6.18 Å². The molecule has 2 aromatic rings. The normalized spacial score (nSPS) is 26.7. The highest BCUT2D eigenvalue weighted by Crippen LogP contribution is 2.49. The van der Waals surface area contributed by atoms with Gasteiger partial charge in [-0.3, -0.25) is 0 Å². The van der Waals surface area contributed by atoms with Gasteiger partial charge in [-0.15, -0.1) is 0 Å². The number of unbranched alkanes of at least 4 members (excludes halogenated alkanes) is 3. The molecule has 2 aliphatic carbocycles. The predicted molar refractivity (Wildman–Crippen MR) is 119 cm³/mol. The predicted octanol–water partition coefficient (Wildman–Crippen LogP) is 9.27. The summed E-state index contributed by atoms with van der Waals surface area (Å²) in [5.41, 5.74) is 0.170. The molecule has 0 bridgehead atoms. The van der Waals surface area contributed by atoms with Crippen molar-refractivity contribution < 1.29 is 17.6 Å². The topological polar surface area (TPSA) is 0 Å². The Morgan fingerprint density at radius 3 is 2.42 bits per heavy atom. The van der Waals surface area contributed by atoms with Gasteiger partial charge in [-0.2, -0.15) is 13.2 Å². The van der Waals surface area contributed by atoms with Crippen molar-refractivity contribution >= 4 is 10.8 Å². The van der Waals surface area contributed by atoms with E-state index in [1.165, 1.54) is 69.9 Å². The van der Waals surface area contributed by atoms with Crippen LogP contribution in [0.5, 0.6) is 0 Å². The molecule has 2 aliphatic rings. The fourth-order valence-electron chi connectivity index (χ4n) is 6.16. The molecule has 4 heteroatoms.